The number of nitrogens with two attached hydrogens (primary N) is 1. The highest BCUT2D eigenvalue weighted by atomic mass is 14.9. The van der Waals surface area contributed by atoms with Crippen LogP contribution in [0.2, 0.25) is 0 Å². The van der Waals surface area contributed by atoms with Crippen molar-refractivity contribution in [3.05, 3.63) is 59.2 Å². The molecule has 2 rings (SSSR count). The third-order valence-corrected chi connectivity index (χ3v) is 2.93. The first-order valence-corrected chi connectivity index (χ1v) is 6.25. The Balaban J connectivity index is 2.09. The van der Waals surface area contributed by atoms with Crippen LogP contribution in [0.1, 0.15) is 29.4 Å². The smallest absolute Gasteiger partial charge is 0.132 e. The second-order valence-electron chi connectivity index (χ2n) is 4.79. The van der Waals surface area contributed by atoms with Crippen molar-refractivity contribution in [3.63, 3.8) is 0 Å². The minimum Gasteiger partial charge on any atom is -0.328 e. The number of aryl methyl sites for hydroxylation is 1. The van der Waals surface area contributed by atoms with Crippen LogP contribution >= 0.6 is 0 Å². The number of benzene rings is 1. The van der Waals surface area contributed by atoms with Crippen molar-refractivity contribution in [1.82, 2.24) is 9.97 Å². The van der Waals surface area contributed by atoms with E-state index >= 15 is 0 Å². The first kappa shape index (κ1) is 12.7. The van der Waals surface area contributed by atoms with Gasteiger partial charge < -0.3 is 5.73 Å². The maximum absolute atomic E-state index is 5.75. The fourth-order valence-electron chi connectivity index (χ4n) is 1.93. The van der Waals surface area contributed by atoms with Gasteiger partial charge in [-0.15, -0.1) is 0 Å². The van der Waals surface area contributed by atoms with Crippen molar-refractivity contribution < 1.29 is 0 Å². The van der Waals surface area contributed by atoms with Gasteiger partial charge in [-0.05, 0) is 37.0 Å². The second-order valence-corrected chi connectivity index (χ2v) is 4.79. The average Bonchev–Trinajstić information content (AvgIpc) is 2.34. The summed E-state index contributed by atoms with van der Waals surface area (Å²) in [6.45, 7) is 4.10. The van der Waals surface area contributed by atoms with Crippen LogP contribution in [0.15, 0.2) is 36.7 Å². The molecule has 0 radical (unpaired) electrons. The molecule has 0 fully saturated rings. The van der Waals surface area contributed by atoms with Gasteiger partial charge in [0.1, 0.15) is 5.82 Å². The summed E-state index contributed by atoms with van der Waals surface area (Å²) in [6, 6.07) is 8.47. The normalized spacial score (nSPS) is 12.4. The Morgan fingerprint density at radius 1 is 1.17 bits per heavy atom. The van der Waals surface area contributed by atoms with Crippen LogP contribution < -0.4 is 5.73 Å². The van der Waals surface area contributed by atoms with E-state index < -0.39 is 0 Å². The summed E-state index contributed by atoms with van der Waals surface area (Å²) in [5, 5.41) is 0. The predicted octanol–water partition coefficient (Wildman–Crippen LogP) is 2.27. The Morgan fingerprint density at radius 2 is 1.83 bits per heavy atom. The van der Waals surface area contributed by atoms with E-state index in [9.17, 15) is 0 Å². The van der Waals surface area contributed by atoms with Crippen LogP contribution in [0.4, 0.5) is 0 Å². The zero-order valence-corrected chi connectivity index (χ0v) is 10.9. The number of aromatic nitrogens is 2. The number of rotatable bonds is 4. The van der Waals surface area contributed by atoms with Gasteiger partial charge >= 0.3 is 0 Å². The third-order valence-electron chi connectivity index (χ3n) is 2.93. The molecule has 3 nitrogen and oxygen atoms in total. The number of hydrogen-bond donors (Lipinski definition) is 1. The highest BCUT2D eigenvalue weighted by Gasteiger charge is 2.03. The maximum atomic E-state index is 5.75. The quantitative estimate of drug-likeness (QED) is 0.893. The summed E-state index contributed by atoms with van der Waals surface area (Å²) >= 11 is 0. The summed E-state index contributed by atoms with van der Waals surface area (Å²) in [4.78, 5) is 8.80. The van der Waals surface area contributed by atoms with Crippen molar-refractivity contribution in [3.8, 4) is 0 Å². The van der Waals surface area contributed by atoms with Gasteiger partial charge in [0, 0.05) is 24.9 Å². The Morgan fingerprint density at radius 3 is 2.44 bits per heavy atom. The first-order valence-electron chi connectivity index (χ1n) is 6.25. The van der Waals surface area contributed by atoms with Crippen LogP contribution in [0, 0.1) is 6.92 Å². The summed E-state index contributed by atoms with van der Waals surface area (Å²) in [5.41, 5.74) is 9.40. The fraction of sp³-hybridized carbons (Fsp3) is 0.333. The van der Waals surface area contributed by atoms with Gasteiger partial charge in [0.05, 0.1) is 0 Å². The molecular weight excluding hydrogens is 222 g/mol. The molecule has 18 heavy (non-hydrogen) atoms. The van der Waals surface area contributed by atoms with E-state index in [0.717, 1.165) is 24.2 Å². The first-order chi connectivity index (χ1) is 8.65. The molecule has 1 unspecified atom stereocenters. The molecule has 2 N–H and O–H groups in total. The lowest BCUT2D eigenvalue weighted by molar-refractivity contribution is 0.729. The standard InChI is InChI=1S/C15H19N3/c1-11-5-3-4-6-14(11)8-15-17-9-13(10-18-15)7-12(2)16/h3-6,9-10,12H,7-8,16H2,1-2H3. The van der Waals surface area contributed by atoms with Gasteiger partial charge in [0.25, 0.3) is 0 Å². The molecule has 2 aromatic rings. The van der Waals surface area contributed by atoms with Crippen molar-refractivity contribution in [1.29, 1.82) is 0 Å². The Hall–Kier alpha value is -1.74. The molecule has 1 atom stereocenters. The monoisotopic (exact) mass is 241 g/mol. The maximum Gasteiger partial charge on any atom is 0.132 e. The molecule has 0 aliphatic carbocycles. The minimum atomic E-state index is 0.149. The summed E-state index contributed by atoms with van der Waals surface area (Å²) in [5.74, 6) is 0.859. The van der Waals surface area contributed by atoms with Gasteiger partial charge in [0.2, 0.25) is 0 Å². The highest BCUT2D eigenvalue weighted by molar-refractivity contribution is 5.28. The van der Waals surface area contributed by atoms with Crippen molar-refractivity contribution in [2.75, 3.05) is 0 Å². The van der Waals surface area contributed by atoms with Gasteiger partial charge in [-0.25, -0.2) is 9.97 Å². The van der Waals surface area contributed by atoms with E-state index in [2.05, 4.69) is 29.0 Å². The fourth-order valence-corrected chi connectivity index (χ4v) is 1.93. The lowest BCUT2D eigenvalue weighted by Gasteiger charge is -2.06. The molecule has 1 aromatic heterocycles. The summed E-state index contributed by atoms with van der Waals surface area (Å²) in [6.07, 6.45) is 5.36. The van der Waals surface area contributed by atoms with E-state index in [1.54, 1.807) is 0 Å². The van der Waals surface area contributed by atoms with E-state index in [-0.39, 0.29) is 6.04 Å². The van der Waals surface area contributed by atoms with Gasteiger partial charge in [-0.3, -0.25) is 0 Å². The molecule has 0 saturated carbocycles. The Bertz CT molecular complexity index is 503. The lowest BCUT2D eigenvalue weighted by atomic mass is 10.1. The van der Waals surface area contributed by atoms with Crippen molar-refractivity contribution in [2.24, 2.45) is 5.73 Å². The molecule has 1 heterocycles. The van der Waals surface area contributed by atoms with Crippen LogP contribution in [0.5, 0.6) is 0 Å². The average molecular weight is 241 g/mol. The molecule has 0 saturated heterocycles. The van der Waals surface area contributed by atoms with Crippen LogP contribution in [0.3, 0.4) is 0 Å². The molecule has 1 aromatic carbocycles. The Labute approximate surface area is 108 Å². The topological polar surface area (TPSA) is 51.8 Å². The molecular formula is C15H19N3. The van der Waals surface area contributed by atoms with E-state index in [0.29, 0.717) is 0 Å². The van der Waals surface area contributed by atoms with Crippen LogP contribution in [-0.2, 0) is 12.8 Å². The zero-order valence-electron chi connectivity index (χ0n) is 10.9. The number of hydrogen-bond acceptors (Lipinski definition) is 3. The summed E-state index contributed by atoms with van der Waals surface area (Å²) in [7, 11) is 0. The molecule has 3 heteroatoms. The van der Waals surface area contributed by atoms with Crippen LogP contribution in [-0.4, -0.2) is 16.0 Å². The minimum absolute atomic E-state index is 0.149. The van der Waals surface area contributed by atoms with Gasteiger partial charge in [-0.2, -0.15) is 0 Å². The molecule has 0 aliphatic heterocycles. The zero-order chi connectivity index (χ0) is 13.0. The predicted molar refractivity (Wildman–Crippen MR) is 73.4 cm³/mol. The molecule has 0 aliphatic rings. The van der Waals surface area contributed by atoms with Crippen LogP contribution in [0.25, 0.3) is 0 Å². The molecule has 0 amide bonds. The molecule has 0 bridgehead atoms. The highest BCUT2D eigenvalue weighted by Crippen LogP contribution is 2.11. The third kappa shape index (κ3) is 3.37. The van der Waals surface area contributed by atoms with Gasteiger partial charge in [0.15, 0.2) is 0 Å². The lowest BCUT2D eigenvalue weighted by Crippen LogP contribution is -2.18. The van der Waals surface area contributed by atoms with E-state index in [4.69, 9.17) is 5.73 Å². The molecule has 0 spiro atoms. The van der Waals surface area contributed by atoms with E-state index in [1.165, 1.54) is 11.1 Å². The van der Waals surface area contributed by atoms with Crippen molar-refractivity contribution in [2.45, 2.75) is 32.7 Å². The second kappa shape index (κ2) is 5.74. The molecule has 94 valence electrons. The van der Waals surface area contributed by atoms with Gasteiger partial charge in [-0.1, -0.05) is 24.3 Å². The largest absolute Gasteiger partial charge is 0.328 e. The summed E-state index contributed by atoms with van der Waals surface area (Å²) < 4.78 is 0. The van der Waals surface area contributed by atoms with Crippen molar-refractivity contribution >= 4 is 0 Å². The number of nitrogens with zero attached hydrogens (tertiary/aromatic N) is 2. The Kier molecular flexibility index (Phi) is 4.05. The van der Waals surface area contributed by atoms with E-state index in [1.807, 2.05) is 31.5 Å². The SMILES string of the molecule is Cc1ccccc1Cc1ncc(CC(C)N)cn1.